The summed E-state index contributed by atoms with van der Waals surface area (Å²) in [5.74, 6) is -0.296. The van der Waals surface area contributed by atoms with Crippen LogP contribution in [-0.2, 0) is 9.47 Å². The highest BCUT2D eigenvalue weighted by Gasteiger charge is 2.33. The predicted octanol–water partition coefficient (Wildman–Crippen LogP) is 3.74. The van der Waals surface area contributed by atoms with Crippen LogP contribution in [0.3, 0.4) is 0 Å². The molecule has 18 heavy (non-hydrogen) atoms. The molecule has 0 saturated carbocycles. The number of unbranched alkanes of at least 4 members (excludes halogenated alkanes) is 5. The van der Waals surface area contributed by atoms with Gasteiger partial charge >= 0.3 is 0 Å². The first-order chi connectivity index (χ1) is 8.64. The molecule has 1 unspecified atom stereocenters. The monoisotopic (exact) mass is 260 g/mol. The number of aliphatic hydroxyl groups excluding tert-OH is 1. The number of hydrogen-bond donors (Lipinski definition) is 1. The van der Waals surface area contributed by atoms with Gasteiger partial charge in [-0.15, -0.1) is 0 Å². The molecule has 0 saturated heterocycles. The zero-order chi connectivity index (χ0) is 13.9. The number of methoxy groups -OCH3 is 2. The lowest BCUT2D eigenvalue weighted by atomic mass is 9.90. The van der Waals surface area contributed by atoms with Crippen molar-refractivity contribution in [2.45, 2.75) is 71.0 Å². The van der Waals surface area contributed by atoms with E-state index >= 15 is 0 Å². The highest BCUT2D eigenvalue weighted by molar-refractivity contribution is 4.74. The van der Waals surface area contributed by atoms with E-state index in [-0.39, 0.29) is 12.5 Å². The molecule has 0 aliphatic rings. The molecule has 0 rings (SSSR count). The van der Waals surface area contributed by atoms with Gasteiger partial charge in [-0.25, -0.2) is 0 Å². The third-order valence-electron chi connectivity index (χ3n) is 3.94. The van der Waals surface area contributed by atoms with Crippen LogP contribution in [0.25, 0.3) is 0 Å². The molecule has 0 aliphatic heterocycles. The minimum atomic E-state index is -0.563. The molecule has 0 bridgehead atoms. The van der Waals surface area contributed by atoms with Gasteiger partial charge in [0.2, 0.25) is 0 Å². The van der Waals surface area contributed by atoms with Gasteiger partial charge in [-0.05, 0) is 19.8 Å². The second-order valence-corrected chi connectivity index (χ2v) is 5.19. The summed E-state index contributed by atoms with van der Waals surface area (Å²) in [6.45, 7) is 4.40. The average molecular weight is 260 g/mol. The second kappa shape index (κ2) is 10.8. The summed E-state index contributed by atoms with van der Waals surface area (Å²) in [4.78, 5) is 0. The maximum absolute atomic E-state index is 9.15. The molecule has 110 valence electrons. The van der Waals surface area contributed by atoms with E-state index < -0.39 is 5.79 Å². The van der Waals surface area contributed by atoms with Crippen molar-refractivity contribution in [2.75, 3.05) is 20.8 Å². The summed E-state index contributed by atoms with van der Waals surface area (Å²) < 4.78 is 10.9. The Balaban J connectivity index is 3.96. The first-order valence-electron chi connectivity index (χ1n) is 7.35. The molecule has 1 N–H and O–H groups in total. The Bertz CT molecular complexity index is 179. The van der Waals surface area contributed by atoms with Gasteiger partial charge in [-0.1, -0.05) is 45.4 Å². The topological polar surface area (TPSA) is 38.7 Å². The largest absolute Gasteiger partial charge is 0.396 e. The maximum Gasteiger partial charge on any atom is 0.167 e. The molecule has 0 amide bonds. The van der Waals surface area contributed by atoms with Crippen molar-refractivity contribution >= 4 is 0 Å². The van der Waals surface area contributed by atoms with E-state index in [1.165, 1.54) is 38.5 Å². The zero-order valence-electron chi connectivity index (χ0n) is 12.7. The minimum absolute atomic E-state index is 0.197. The minimum Gasteiger partial charge on any atom is -0.396 e. The zero-order valence-corrected chi connectivity index (χ0v) is 12.7. The van der Waals surface area contributed by atoms with Gasteiger partial charge in [0.15, 0.2) is 5.79 Å². The molecular formula is C15H32O3. The van der Waals surface area contributed by atoms with Crippen LogP contribution in [0.1, 0.15) is 65.2 Å². The third-order valence-corrected chi connectivity index (χ3v) is 3.94. The molecule has 0 spiro atoms. The van der Waals surface area contributed by atoms with E-state index in [2.05, 4.69) is 6.92 Å². The smallest absolute Gasteiger partial charge is 0.167 e. The molecule has 1 atom stereocenters. The maximum atomic E-state index is 9.15. The molecule has 0 fully saturated rings. The van der Waals surface area contributed by atoms with Crippen LogP contribution >= 0.6 is 0 Å². The lowest BCUT2D eigenvalue weighted by Crippen LogP contribution is -2.39. The lowest BCUT2D eigenvalue weighted by molar-refractivity contribution is -0.231. The standard InChI is InChI=1S/C15H32O3/c1-5-6-7-8-9-10-11-14(12-13-16)15(2,17-3)18-4/h14,16H,5-13H2,1-4H3. The SMILES string of the molecule is CCCCCCCCC(CCO)C(C)(OC)OC. The highest BCUT2D eigenvalue weighted by atomic mass is 16.7. The fraction of sp³-hybridized carbons (Fsp3) is 1.00. The van der Waals surface area contributed by atoms with Crippen LogP contribution in [0, 0.1) is 5.92 Å². The molecule has 0 aliphatic carbocycles. The van der Waals surface area contributed by atoms with Gasteiger partial charge in [0.05, 0.1) is 0 Å². The van der Waals surface area contributed by atoms with E-state index in [1.807, 2.05) is 6.92 Å². The van der Waals surface area contributed by atoms with Crippen molar-refractivity contribution < 1.29 is 14.6 Å². The Labute approximate surface area is 113 Å². The third kappa shape index (κ3) is 6.72. The van der Waals surface area contributed by atoms with E-state index in [1.54, 1.807) is 14.2 Å². The molecule has 0 heterocycles. The molecular weight excluding hydrogens is 228 g/mol. The Kier molecular flexibility index (Phi) is 10.7. The van der Waals surface area contributed by atoms with Crippen molar-refractivity contribution in [3.05, 3.63) is 0 Å². The quantitative estimate of drug-likeness (QED) is 0.429. The average Bonchev–Trinajstić information content (AvgIpc) is 2.40. The van der Waals surface area contributed by atoms with Crippen molar-refractivity contribution in [3.8, 4) is 0 Å². The first kappa shape index (κ1) is 17.9. The summed E-state index contributed by atoms with van der Waals surface area (Å²) in [5, 5.41) is 9.15. The van der Waals surface area contributed by atoms with Crippen molar-refractivity contribution in [3.63, 3.8) is 0 Å². The summed E-state index contributed by atoms with van der Waals surface area (Å²) >= 11 is 0. The van der Waals surface area contributed by atoms with Crippen LogP contribution in [0.2, 0.25) is 0 Å². The number of ether oxygens (including phenoxy) is 2. The van der Waals surface area contributed by atoms with Gasteiger partial charge in [0, 0.05) is 26.7 Å². The number of aliphatic hydroxyl groups is 1. The van der Waals surface area contributed by atoms with Gasteiger partial charge in [0.25, 0.3) is 0 Å². The second-order valence-electron chi connectivity index (χ2n) is 5.19. The van der Waals surface area contributed by atoms with Crippen LogP contribution < -0.4 is 0 Å². The fourth-order valence-corrected chi connectivity index (χ4v) is 2.41. The van der Waals surface area contributed by atoms with Crippen LogP contribution in [-0.4, -0.2) is 31.7 Å². The normalized spacial score (nSPS) is 13.8. The molecule has 3 heteroatoms. The molecule has 3 nitrogen and oxygen atoms in total. The van der Waals surface area contributed by atoms with Crippen LogP contribution in [0.5, 0.6) is 0 Å². The Morgan fingerprint density at radius 2 is 1.50 bits per heavy atom. The van der Waals surface area contributed by atoms with Crippen LogP contribution in [0.15, 0.2) is 0 Å². The van der Waals surface area contributed by atoms with Crippen molar-refractivity contribution in [2.24, 2.45) is 5.92 Å². The highest BCUT2D eigenvalue weighted by Crippen LogP contribution is 2.29. The van der Waals surface area contributed by atoms with Gasteiger partial charge in [-0.3, -0.25) is 0 Å². The van der Waals surface area contributed by atoms with Crippen LogP contribution in [0.4, 0.5) is 0 Å². The molecule has 0 aromatic carbocycles. The summed E-state index contributed by atoms with van der Waals surface area (Å²) in [5.41, 5.74) is 0. The van der Waals surface area contributed by atoms with Gasteiger partial charge in [0.1, 0.15) is 0 Å². The lowest BCUT2D eigenvalue weighted by Gasteiger charge is -2.35. The Hall–Kier alpha value is -0.120. The van der Waals surface area contributed by atoms with E-state index in [0.29, 0.717) is 0 Å². The molecule has 0 aromatic rings. The first-order valence-corrected chi connectivity index (χ1v) is 7.35. The summed E-state index contributed by atoms with van der Waals surface area (Å²) in [6.07, 6.45) is 9.55. The predicted molar refractivity (Wildman–Crippen MR) is 75.6 cm³/mol. The molecule has 0 radical (unpaired) electrons. The van der Waals surface area contributed by atoms with Gasteiger partial charge in [-0.2, -0.15) is 0 Å². The fourth-order valence-electron chi connectivity index (χ4n) is 2.41. The number of hydrogen-bond acceptors (Lipinski definition) is 3. The van der Waals surface area contributed by atoms with Crippen molar-refractivity contribution in [1.29, 1.82) is 0 Å². The van der Waals surface area contributed by atoms with Crippen molar-refractivity contribution in [1.82, 2.24) is 0 Å². The number of rotatable bonds is 12. The summed E-state index contributed by atoms with van der Waals surface area (Å²) in [6, 6.07) is 0. The van der Waals surface area contributed by atoms with Gasteiger partial charge < -0.3 is 14.6 Å². The van der Waals surface area contributed by atoms with E-state index in [4.69, 9.17) is 14.6 Å². The Morgan fingerprint density at radius 3 is 2.00 bits per heavy atom. The summed E-state index contributed by atoms with van der Waals surface area (Å²) in [7, 11) is 3.35. The van der Waals surface area contributed by atoms with E-state index in [9.17, 15) is 0 Å². The molecule has 0 aromatic heterocycles. The Morgan fingerprint density at radius 1 is 0.944 bits per heavy atom. The van der Waals surface area contributed by atoms with E-state index in [0.717, 1.165) is 12.8 Å².